The number of aliphatic hydroxyl groups is 1. The molecule has 1 saturated carbocycles. The second-order valence-corrected chi connectivity index (χ2v) is 4.97. The van der Waals surface area contributed by atoms with E-state index in [0.29, 0.717) is 5.92 Å². The van der Waals surface area contributed by atoms with Crippen molar-refractivity contribution in [1.29, 1.82) is 0 Å². The molecule has 2 aliphatic rings. The molecule has 86 valence electrons. The van der Waals surface area contributed by atoms with Crippen molar-refractivity contribution in [3.8, 4) is 5.75 Å². The highest BCUT2D eigenvalue weighted by molar-refractivity contribution is 5.42. The maximum absolute atomic E-state index is 10.7. The van der Waals surface area contributed by atoms with Gasteiger partial charge in [0.25, 0.3) is 0 Å². The summed E-state index contributed by atoms with van der Waals surface area (Å²) in [5.41, 5.74) is 1.74. The minimum Gasteiger partial charge on any atom is -0.493 e. The Balaban J connectivity index is 1.99. The molecule has 1 fully saturated rings. The van der Waals surface area contributed by atoms with E-state index in [1.54, 1.807) is 0 Å². The molecule has 0 saturated heterocycles. The molecule has 0 radical (unpaired) electrons. The van der Waals surface area contributed by atoms with E-state index in [1.165, 1.54) is 5.56 Å². The van der Waals surface area contributed by atoms with E-state index in [4.69, 9.17) is 4.74 Å². The molecule has 1 heterocycles. The Bertz CT molecular complexity index is 409. The number of rotatable bonds is 3. The van der Waals surface area contributed by atoms with Gasteiger partial charge in [-0.15, -0.1) is 0 Å². The second kappa shape index (κ2) is 3.49. The lowest BCUT2D eigenvalue weighted by Gasteiger charge is -2.27. The molecule has 1 N–H and O–H groups in total. The van der Waals surface area contributed by atoms with Gasteiger partial charge in [-0.3, -0.25) is 0 Å². The van der Waals surface area contributed by atoms with Gasteiger partial charge in [-0.05, 0) is 48.4 Å². The Labute approximate surface area is 96.2 Å². The summed E-state index contributed by atoms with van der Waals surface area (Å²) in [4.78, 5) is 0. The summed E-state index contributed by atoms with van der Waals surface area (Å²) >= 11 is 0. The number of ether oxygens (including phenoxy) is 1. The van der Waals surface area contributed by atoms with E-state index < -0.39 is 5.60 Å². The van der Waals surface area contributed by atoms with Crippen molar-refractivity contribution in [2.75, 3.05) is 6.61 Å². The molecule has 1 aromatic carbocycles. The molecule has 16 heavy (non-hydrogen) atoms. The first kappa shape index (κ1) is 10.2. The fourth-order valence-electron chi connectivity index (χ4n) is 2.75. The molecule has 1 unspecified atom stereocenters. The molecular formula is C14H18O2. The molecule has 2 nitrogen and oxygen atoms in total. The smallest absolute Gasteiger partial charge is 0.122 e. The van der Waals surface area contributed by atoms with Gasteiger partial charge in [-0.25, -0.2) is 0 Å². The van der Waals surface area contributed by atoms with Crippen LogP contribution in [-0.2, 0) is 12.0 Å². The van der Waals surface area contributed by atoms with Crippen LogP contribution in [0.25, 0.3) is 0 Å². The fraction of sp³-hybridized carbons (Fsp3) is 0.571. The Kier molecular flexibility index (Phi) is 2.21. The van der Waals surface area contributed by atoms with Crippen molar-refractivity contribution in [2.45, 2.75) is 38.2 Å². The molecule has 0 spiro atoms. The van der Waals surface area contributed by atoms with Gasteiger partial charge >= 0.3 is 0 Å². The normalized spacial score (nSPS) is 22.4. The zero-order valence-electron chi connectivity index (χ0n) is 9.70. The number of fused-ring (bicyclic) bond motifs is 1. The van der Waals surface area contributed by atoms with E-state index in [9.17, 15) is 5.11 Å². The molecule has 3 rings (SSSR count). The fourth-order valence-corrected chi connectivity index (χ4v) is 2.75. The largest absolute Gasteiger partial charge is 0.493 e. The van der Waals surface area contributed by atoms with Gasteiger partial charge in [-0.2, -0.15) is 0 Å². The van der Waals surface area contributed by atoms with Gasteiger partial charge in [0.1, 0.15) is 5.75 Å². The van der Waals surface area contributed by atoms with Crippen LogP contribution in [0.5, 0.6) is 5.75 Å². The van der Waals surface area contributed by atoms with Gasteiger partial charge in [0.2, 0.25) is 0 Å². The first-order valence-corrected chi connectivity index (χ1v) is 6.22. The zero-order chi connectivity index (χ0) is 11.2. The van der Waals surface area contributed by atoms with Crippen LogP contribution in [0, 0.1) is 5.92 Å². The highest BCUT2D eigenvalue weighted by atomic mass is 16.5. The van der Waals surface area contributed by atoms with Crippen LogP contribution in [0.3, 0.4) is 0 Å². The van der Waals surface area contributed by atoms with Gasteiger partial charge in [0.15, 0.2) is 0 Å². The molecule has 2 heteroatoms. The Morgan fingerprint density at radius 1 is 1.44 bits per heavy atom. The summed E-state index contributed by atoms with van der Waals surface area (Å²) in [5, 5.41) is 10.7. The Morgan fingerprint density at radius 2 is 2.25 bits per heavy atom. The number of benzene rings is 1. The van der Waals surface area contributed by atoms with Crippen LogP contribution >= 0.6 is 0 Å². The van der Waals surface area contributed by atoms with Crippen molar-refractivity contribution in [2.24, 2.45) is 5.92 Å². The summed E-state index contributed by atoms with van der Waals surface area (Å²) in [6.07, 6.45) is 4.11. The number of hydrogen-bond acceptors (Lipinski definition) is 2. The van der Waals surface area contributed by atoms with Crippen LogP contribution in [0.1, 0.15) is 37.3 Å². The van der Waals surface area contributed by atoms with Crippen molar-refractivity contribution < 1.29 is 9.84 Å². The lowest BCUT2D eigenvalue weighted by Crippen LogP contribution is -2.27. The highest BCUT2D eigenvalue weighted by Gasteiger charge is 2.43. The standard InChI is InChI=1S/C14H18O2/c1-2-14(15,11-3-4-11)12-5-6-13-10(9-12)7-8-16-13/h5-6,9,11,15H,2-4,7-8H2,1H3. The van der Waals surface area contributed by atoms with E-state index in [-0.39, 0.29) is 0 Å². The predicted molar refractivity (Wildman–Crippen MR) is 62.6 cm³/mol. The topological polar surface area (TPSA) is 29.5 Å². The predicted octanol–water partition coefficient (Wildman–Crippen LogP) is 2.63. The van der Waals surface area contributed by atoms with Crippen LogP contribution < -0.4 is 4.74 Å². The Hall–Kier alpha value is -1.02. The first-order chi connectivity index (χ1) is 7.74. The average Bonchev–Trinajstić information content (AvgIpc) is 3.06. The molecule has 1 aliphatic heterocycles. The average molecular weight is 218 g/mol. The molecular weight excluding hydrogens is 200 g/mol. The van der Waals surface area contributed by atoms with E-state index >= 15 is 0 Å². The van der Waals surface area contributed by atoms with Crippen LogP contribution in [0.15, 0.2) is 18.2 Å². The molecule has 0 aromatic heterocycles. The molecule has 0 amide bonds. The SMILES string of the molecule is CCC(O)(c1ccc2c(c1)CCO2)C1CC1. The summed E-state index contributed by atoms with van der Waals surface area (Å²) in [6.45, 7) is 2.86. The summed E-state index contributed by atoms with van der Waals surface area (Å²) in [7, 11) is 0. The summed E-state index contributed by atoms with van der Waals surface area (Å²) in [5.74, 6) is 1.47. The van der Waals surface area contributed by atoms with Crippen LogP contribution in [0.2, 0.25) is 0 Å². The van der Waals surface area contributed by atoms with Crippen LogP contribution in [0.4, 0.5) is 0 Å². The summed E-state index contributed by atoms with van der Waals surface area (Å²) < 4.78 is 5.49. The zero-order valence-corrected chi connectivity index (χ0v) is 9.70. The van der Waals surface area contributed by atoms with E-state index in [0.717, 1.165) is 43.6 Å². The van der Waals surface area contributed by atoms with Crippen LogP contribution in [-0.4, -0.2) is 11.7 Å². The maximum Gasteiger partial charge on any atom is 0.122 e. The van der Waals surface area contributed by atoms with Crippen molar-refractivity contribution in [3.05, 3.63) is 29.3 Å². The minimum atomic E-state index is -0.600. The third-order valence-electron chi connectivity index (χ3n) is 3.98. The van der Waals surface area contributed by atoms with E-state index in [2.05, 4.69) is 13.0 Å². The van der Waals surface area contributed by atoms with Gasteiger partial charge in [0, 0.05) is 6.42 Å². The van der Waals surface area contributed by atoms with Gasteiger partial charge in [-0.1, -0.05) is 13.0 Å². The lowest BCUT2D eigenvalue weighted by molar-refractivity contribution is 0.00884. The molecule has 1 aliphatic carbocycles. The van der Waals surface area contributed by atoms with Crippen molar-refractivity contribution >= 4 is 0 Å². The third kappa shape index (κ3) is 1.44. The molecule has 1 atom stereocenters. The van der Waals surface area contributed by atoms with Gasteiger partial charge in [0.05, 0.1) is 12.2 Å². The third-order valence-corrected chi connectivity index (χ3v) is 3.98. The Morgan fingerprint density at radius 3 is 2.94 bits per heavy atom. The van der Waals surface area contributed by atoms with Crippen molar-refractivity contribution in [3.63, 3.8) is 0 Å². The highest BCUT2D eigenvalue weighted by Crippen LogP contribution is 2.48. The second-order valence-electron chi connectivity index (χ2n) is 4.97. The summed E-state index contributed by atoms with van der Waals surface area (Å²) in [6, 6.07) is 6.19. The lowest BCUT2D eigenvalue weighted by atomic mass is 9.85. The number of hydrogen-bond donors (Lipinski definition) is 1. The molecule has 0 bridgehead atoms. The molecule has 1 aromatic rings. The van der Waals surface area contributed by atoms with Gasteiger partial charge < -0.3 is 9.84 Å². The maximum atomic E-state index is 10.7. The minimum absolute atomic E-state index is 0.470. The first-order valence-electron chi connectivity index (χ1n) is 6.22. The van der Waals surface area contributed by atoms with Crippen molar-refractivity contribution in [1.82, 2.24) is 0 Å². The quantitative estimate of drug-likeness (QED) is 0.845. The monoisotopic (exact) mass is 218 g/mol. The van der Waals surface area contributed by atoms with E-state index in [1.807, 2.05) is 12.1 Å².